The highest BCUT2D eigenvalue weighted by molar-refractivity contribution is 5.05. The highest BCUT2D eigenvalue weighted by Gasteiger charge is 1.92. The predicted molar refractivity (Wildman–Crippen MR) is 49.4 cm³/mol. The van der Waals surface area contributed by atoms with Gasteiger partial charge in [0.25, 0.3) is 0 Å². The van der Waals surface area contributed by atoms with Gasteiger partial charge in [0.1, 0.15) is 0 Å². The Morgan fingerprint density at radius 3 is 2.64 bits per heavy atom. The molecule has 1 nitrogen and oxygen atoms in total. The molecule has 0 aromatic heterocycles. The van der Waals surface area contributed by atoms with Crippen LogP contribution < -0.4 is 0 Å². The van der Waals surface area contributed by atoms with Gasteiger partial charge in [-0.05, 0) is 26.2 Å². The molecule has 0 spiro atoms. The summed E-state index contributed by atoms with van der Waals surface area (Å²) >= 11 is 0. The summed E-state index contributed by atoms with van der Waals surface area (Å²) in [5.41, 5.74) is 1.26. The van der Waals surface area contributed by atoms with Crippen LogP contribution in [0.25, 0.3) is 0 Å². The Kier molecular flexibility index (Phi) is 5.86. The van der Waals surface area contributed by atoms with Crippen LogP contribution in [0.4, 0.5) is 0 Å². The van der Waals surface area contributed by atoms with Crippen molar-refractivity contribution in [1.29, 1.82) is 0 Å². The maximum atomic E-state index is 8.62. The second kappa shape index (κ2) is 6.17. The number of rotatable bonds is 4. The molecule has 1 N–H and O–H groups in total. The first-order valence-electron chi connectivity index (χ1n) is 4.11. The van der Waals surface area contributed by atoms with E-state index in [2.05, 4.69) is 26.0 Å². The second-order valence-electron chi connectivity index (χ2n) is 2.87. The van der Waals surface area contributed by atoms with Crippen LogP contribution in [-0.2, 0) is 0 Å². The minimum Gasteiger partial charge on any atom is -0.396 e. The van der Waals surface area contributed by atoms with Crippen LogP contribution in [0, 0.1) is 5.92 Å². The zero-order valence-corrected chi connectivity index (χ0v) is 7.67. The Bertz CT molecular complexity index is 145. The van der Waals surface area contributed by atoms with E-state index in [0.29, 0.717) is 5.92 Å². The van der Waals surface area contributed by atoms with E-state index >= 15 is 0 Å². The first-order valence-corrected chi connectivity index (χ1v) is 4.11. The van der Waals surface area contributed by atoms with E-state index in [-0.39, 0.29) is 6.61 Å². The molecule has 1 heteroatoms. The van der Waals surface area contributed by atoms with Gasteiger partial charge in [0.05, 0.1) is 0 Å². The van der Waals surface area contributed by atoms with Gasteiger partial charge in [-0.25, -0.2) is 0 Å². The van der Waals surface area contributed by atoms with Crippen LogP contribution >= 0.6 is 0 Å². The van der Waals surface area contributed by atoms with Gasteiger partial charge in [0.2, 0.25) is 0 Å². The third-order valence-electron chi connectivity index (χ3n) is 1.55. The lowest BCUT2D eigenvalue weighted by Gasteiger charge is -2.01. The van der Waals surface area contributed by atoms with Crippen molar-refractivity contribution >= 4 is 0 Å². The number of hydrogen-bond donors (Lipinski definition) is 1. The highest BCUT2D eigenvalue weighted by Crippen LogP contribution is 2.06. The van der Waals surface area contributed by atoms with E-state index in [9.17, 15) is 0 Å². The normalized spacial score (nSPS) is 15.8. The molecule has 64 valence electrons. The molecule has 0 aliphatic heterocycles. The first-order chi connectivity index (χ1) is 5.20. The zero-order chi connectivity index (χ0) is 8.69. The van der Waals surface area contributed by atoms with Crippen molar-refractivity contribution in [3.63, 3.8) is 0 Å². The smallest absolute Gasteiger partial charge is 0.0468 e. The van der Waals surface area contributed by atoms with Crippen molar-refractivity contribution < 1.29 is 5.11 Å². The molecule has 1 atom stereocenters. The monoisotopic (exact) mass is 154 g/mol. The van der Waals surface area contributed by atoms with Crippen LogP contribution in [0.3, 0.4) is 0 Å². The Morgan fingerprint density at radius 1 is 1.55 bits per heavy atom. The van der Waals surface area contributed by atoms with E-state index < -0.39 is 0 Å². The van der Waals surface area contributed by atoms with E-state index in [1.54, 1.807) is 0 Å². The molecule has 0 aromatic rings. The Labute approximate surface area is 69.4 Å². The van der Waals surface area contributed by atoms with Gasteiger partial charge in [-0.1, -0.05) is 30.7 Å². The van der Waals surface area contributed by atoms with Gasteiger partial charge in [-0.2, -0.15) is 0 Å². The number of aliphatic hydroxyl groups is 1. The van der Waals surface area contributed by atoms with Crippen molar-refractivity contribution in [1.82, 2.24) is 0 Å². The Morgan fingerprint density at radius 2 is 2.18 bits per heavy atom. The van der Waals surface area contributed by atoms with Crippen LogP contribution in [0.1, 0.15) is 27.2 Å². The van der Waals surface area contributed by atoms with E-state index in [1.165, 1.54) is 5.57 Å². The maximum Gasteiger partial charge on any atom is 0.0468 e. The van der Waals surface area contributed by atoms with Gasteiger partial charge in [0.15, 0.2) is 0 Å². The zero-order valence-electron chi connectivity index (χ0n) is 7.67. The van der Waals surface area contributed by atoms with E-state index in [0.717, 1.165) is 6.42 Å². The lowest BCUT2D eigenvalue weighted by Crippen LogP contribution is -1.88. The molecule has 0 saturated carbocycles. The molecule has 11 heavy (non-hydrogen) atoms. The molecule has 0 aliphatic rings. The summed E-state index contributed by atoms with van der Waals surface area (Å²) in [5.74, 6) is 0.492. The average molecular weight is 154 g/mol. The molecule has 0 saturated heterocycles. The molecule has 0 aromatic carbocycles. The fourth-order valence-electron chi connectivity index (χ4n) is 1.07. The number of allylic oxidation sites excluding steroid dienone is 3. The lowest BCUT2D eigenvalue weighted by molar-refractivity contribution is 0.299. The van der Waals surface area contributed by atoms with Crippen LogP contribution in [0.15, 0.2) is 23.8 Å². The molecule has 0 fully saturated rings. The fraction of sp³-hybridized carbons (Fsp3) is 0.600. The number of aliphatic hydroxyl groups excluding tert-OH is 1. The summed E-state index contributed by atoms with van der Waals surface area (Å²) in [5, 5.41) is 8.62. The lowest BCUT2D eigenvalue weighted by atomic mass is 10.1. The summed E-state index contributed by atoms with van der Waals surface area (Å²) in [4.78, 5) is 0. The summed E-state index contributed by atoms with van der Waals surface area (Å²) < 4.78 is 0. The number of hydrogen-bond acceptors (Lipinski definition) is 1. The second-order valence-corrected chi connectivity index (χ2v) is 2.87. The van der Waals surface area contributed by atoms with E-state index in [1.807, 2.05) is 13.0 Å². The predicted octanol–water partition coefficient (Wildman–Crippen LogP) is 2.53. The van der Waals surface area contributed by atoms with Crippen molar-refractivity contribution in [2.45, 2.75) is 27.2 Å². The topological polar surface area (TPSA) is 20.2 Å². The van der Waals surface area contributed by atoms with Crippen molar-refractivity contribution in [3.8, 4) is 0 Å². The molecule has 0 heterocycles. The van der Waals surface area contributed by atoms with Gasteiger partial charge in [0, 0.05) is 6.61 Å². The van der Waals surface area contributed by atoms with Gasteiger partial charge in [-0.15, -0.1) is 0 Å². The summed E-state index contributed by atoms with van der Waals surface area (Å²) in [7, 11) is 0. The summed E-state index contributed by atoms with van der Waals surface area (Å²) in [6.45, 7) is 6.47. The molecule has 0 aliphatic carbocycles. The Hall–Kier alpha value is -0.560. The molecule has 0 unspecified atom stereocenters. The SMILES string of the molecule is C/C=C/[C@H](C)/C=C(/C)CCO. The van der Waals surface area contributed by atoms with Crippen molar-refractivity contribution in [2.24, 2.45) is 5.92 Å². The highest BCUT2D eigenvalue weighted by atomic mass is 16.2. The summed E-state index contributed by atoms with van der Waals surface area (Å²) in [6, 6.07) is 0. The largest absolute Gasteiger partial charge is 0.396 e. The van der Waals surface area contributed by atoms with Crippen molar-refractivity contribution in [2.75, 3.05) is 6.61 Å². The molecule has 0 rings (SSSR count). The molecule has 0 amide bonds. The maximum absolute atomic E-state index is 8.62. The Balaban J connectivity index is 3.85. The van der Waals surface area contributed by atoms with Crippen LogP contribution in [-0.4, -0.2) is 11.7 Å². The fourth-order valence-corrected chi connectivity index (χ4v) is 1.07. The summed E-state index contributed by atoms with van der Waals surface area (Å²) in [6.07, 6.45) is 7.16. The molecule has 0 bridgehead atoms. The molecular formula is C10H18O. The average Bonchev–Trinajstić information content (AvgIpc) is 1.87. The van der Waals surface area contributed by atoms with Crippen LogP contribution in [0.2, 0.25) is 0 Å². The van der Waals surface area contributed by atoms with Crippen LogP contribution in [0.5, 0.6) is 0 Å². The quantitative estimate of drug-likeness (QED) is 0.617. The standard InChI is InChI=1S/C10H18O/c1-4-5-9(2)8-10(3)6-7-11/h4-5,8-9,11H,6-7H2,1-3H3/b5-4+,10-8-/t9-/m0/s1. The van der Waals surface area contributed by atoms with Gasteiger partial charge >= 0.3 is 0 Å². The third kappa shape index (κ3) is 5.86. The van der Waals surface area contributed by atoms with Crippen molar-refractivity contribution in [3.05, 3.63) is 23.8 Å². The minimum absolute atomic E-state index is 0.255. The minimum atomic E-state index is 0.255. The molecule has 0 radical (unpaired) electrons. The van der Waals surface area contributed by atoms with Gasteiger partial charge < -0.3 is 5.11 Å². The third-order valence-corrected chi connectivity index (χ3v) is 1.55. The van der Waals surface area contributed by atoms with Gasteiger partial charge in [-0.3, -0.25) is 0 Å². The molecular weight excluding hydrogens is 136 g/mol. The van der Waals surface area contributed by atoms with E-state index in [4.69, 9.17) is 5.11 Å². The first kappa shape index (κ1) is 10.4.